The molecular formula is C26H27F3N6O2. The van der Waals surface area contributed by atoms with Crippen LogP contribution in [0.3, 0.4) is 0 Å². The normalized spacial score (nSPS) is 13.6. The molecule has 2 amide bonds. The number of nitrogens with one attached hydrogen (secondary N) is 1. The summed E-state index contributed by atoms with van der Waals surface area (Å²) in [4.78, 5) is 29.5. The number of anilines is 3. The number of hydrogen-bond acceptors (Lipinski definition) is 5. The van der Waals surface area contributed by atoms with E-state index in [-0.39, 0.29) is 24.9 Å². The number of fused-ring (bicyclic) bond motifs is 1. The molecule has 0 unspecified atom stereocenters. The lowest BCUT2D eigenvalue weighted by Gasteiger charge is -2.27. The number of carbonyl (C=O) groups excluding carboxylic acids is 2. The molecule has 0 bridgehead atoms. The Balaban J connectivity index is 1.51. The van der Waals surface area contributed by atoms with Crippen molar-refractivity contribution in [2.24, 2.45) is 5.73 Å². The molecule has 2 aromatic carbocycles. The lowest BCUT2D eigenvalue weighted by atomic mass is 10.0. The number of aromatic nitrogens is 2. The van der Waals surface area contributed by atoms with E-state index < -0.39 is 35.3 Å². The van der Waals surface area contributed by atoms with Gasteiger partial charge < -0.3 is 16.0 Å². The summed E-state index contributed by atoms with van der Waals surface area (Å²) in [6.45, 7) is 1.91. The minimum atomic E-state index is -1.30. The fraction of sp³-hybridized carbons (Fsp3) is 0.269. The van der Waals surface area contributed by atoms with Crippen molar-refractivity contribution in [1.82, 2.24) is 9.78 Å². The molecule has 0 aliphatic carbocycles. The third-order valence-corrected chi connectivity index (χ3v) is 5.94. The Morgan fingerprint density at radius 1 is 1.08 bits per heavy atom. The highest BCUT2D eigenvalue weighted by Crippen LogP contribution is 2.26. The number of halogens is 3. The standard InChI is InChI=1S/C26H27F3N6O2/c1-15-8-24-34(25(36)11-18(30)9-16-10-22(28)23(29)12-21(16)27)13-17(14-35(24)32-15)26(37)31-19-4-6-20(7-5-19)33(2)3/h4-8,10,12-13,18H,9,11,14,30H2,1-3H3,(H,31,37)/t18-/m1/s1. The smallest absolute Gasteiger partial charge is 0.254 e. The third kappa shape index (κ3) is 5.83. The number of aryl methyl sites for hydroxylation is 1. The van der Waals surface area contributed by atoms with E-state index >= 15 is 0 Å². The van der Waals surface area contributed by atoms with Gasteiger partial charge in [-0.05, 0) is 49.2 Å². The SMILES string of the molecule is Cc1cc2n(n1)CC(C(=O)Nc1ccc(N(C)C)cc1)=CN2C(=O)C[C@H](N)Cc1cc(F)c(F)cc1F. The first kappa shape index (κ1) is 26.0. The highest BCUT2D eigenvalue weighted by atomic mass is 19.2. The monoisotopic (exact) mass is 512 g/mol. The molecule has 1 aliphatic rings. The Hall–Kier alpha value is -4.12. The molecule has 11 heteroatoms. The Morgan fingerprint density at radius 3 is 2.43 bits per heavy atom. The van der Waals surface area contributed by atoms with E-state index in [4.69, 9.17) is 5.73 Å². The van der Waals surface area contributed by atoms with Gasteiger partial charge in [-0.2, -0.15) is 5.10 Å². The Morgan fingerprint density at radius 2 is 1.76 bits per heavy atom. The maximum absolute atomic E-state index is 14.0. The van der Waals surface area contributed by atoms with E-state index in [9.17, 15) is 22.8 Å². The molecule has 3 aromatic rings. The summed E-state index contributed by atoms with van der Waals surface area (Å²) in [5, 5.41) is 7.20. The summed E-state index contributed by atoms with van der Waals surface area (Å²) in [5.41, 5.74) is 8.45. The first-order chi connectivity index (χ1) is 17.5. The number of nitrogens with zero attached hydrogens (tertiary/aromatic N) is 4. The molecule has 0 fully saturated rings. The zero-order chi connectivity index (χ0) is 26.9. The van der Waals surface area contributed by atoms with Crippen molar-refractivity contribution >= 4 is 29.0 Å². The molecular weight excluding hydrogens is 485 g/mol. The van der Waals surface area contributed by atoms with Crippen molar-refractivity contribution in [1.29, 1.82) is 0 Å². The molecule has 1 aliphatic heterocycles. The predicted octanol–water partition coefficient (Wildman–Crippen LogP) is 3.50. The maximum atomic E-state index is 14.0. The van der Waals surface area contributed by atoms with Gasteiger partial charge in [-0.15, -0.1) is 0 Å². The second-order valence-corrected chi connectivity index (χ2v) is 9.14. The first-order valence-electron chi connectivity index (χ1n) is 11.6. The number of benzene rings is 2. The molecule has 37 heavy (non-hydrogen) atoms. The first-order valence-corrected chi connectivity index (χ1v) is 11.6. The van der Waals surface area contributed by atoms with Gasteiger partial charge in [0.05, 0.1) is 17.8 Å². The van der Waals surface area contributed by atoms with Crippen LogP contribution in [0.1, 0.15) is 17.7 Å². The van der Waals surface area contributed by atoms with Crippen molar-refractivity contribution in [3.63, 3.8) is 0 Å². The third-order valence-electron chi connectivity index (χ3n) is 5.94. The number of carbonyl (C=O) groups is 2. The fourth-order valence-corrected chi connectivity index (χ4v) is 4.05. The van der Waals surface area contributed by atoms with Gasteiger partial charge in [-0.1, -0.05) is 0 Å². The van der Waals surface area contributed by atoms with Crippen molar-refractivity contribution in [2.45, 2.75) is 32.4 Å². The van der Waals surface area contributed by atoms with Gasteiger partial charge in [0, 0.05) is 56.3 Å². The molecule has 8 nitrogen and oxygen atoms in total. The molecule has 1 aromatic heterocycles. The topological polar surface area (TPSA) is 96.5 Å². The second kappa shape index (κ2) is 10.5. The number of nitrogens with two attached hydrogens (primary N) is 1. The quantitative estimate of drug-likeness (QED) is 0.473. The van der Waals surface area contributed by atoms with Crippen molar-refractivity contribution < 1.29 is 22.8 Å². The van der Waals surface area contributed by atoms with Crippen LogP contribution in [0.5, 0.6) is 0 Å². The summed E-state index contributed by atoms with van der Waals surface area (Å²) in [6.07, 6.45) is 1.02. The fourth-order valence-electron chi connectivity index (χ4n) is 4.05. The van der Waals surface area contributed by atoms with Crippen molar-refractivity contribution in [3.05, 3.63) is 82.9 Å². The van der Waals surface area contributed by atoms with Gasteiger partial charge in [0.1, 0.15) is 11.6 Å². The molecule has 0 spiro atoms. The maximum Gasteiger partial charge on any atom is 0.254 e. The minimum Gasteiger partial charge on any atom is -0.378 e. The minimum absolute atomic E-state index is 0.130. The Kier molecular flexibility index (Phi) is 7.35. The van der Waals surface area contributed by atoms with Crippen LogP contribution in [0.4, 0.5) is 30.4 Å². The average molecular weight is 513 g/mol. The van der Waals surface area contributed by atoms with Crippen LogP contribution in [0, 0.1) is 24.4 Å². The lowest BCUT2D eigenvalue weighted by Crippen LogP contribution is -2.38. The lowest BCUT2D eigenvalue weighted by molar-refractivity contribution is -0.118. The molecule has 0 saturated carbocycles. The summed E-state index contributed by atoms with van der Waals surface area (Å²) in [5.74, 6) is -3.83. The van der Waals surface area contributed by atoms with Crippen molar-refractivity contribution in [2.75, 3.05) is 29.2 Å². The second-order valence-electron chi connectivity index (χ2n) is 9.14. The Bertz CT molecular complexity index is 1370. The predicted molar refractivity (Wildman–Crippen MR) is 135 cm³/mol. The molecule has 0 radical (unpaired) electrons. The highest BCUT2D eigenvalue weighted by Gasteiger charge is 2.28. The summed E-state index contributed by atoms with van der Waals surface area (Å²) in [6, 6.07) is 9.30. The molecule has 194 valence electrons. The number of hydrogen-bond donors (Lipinski definition) is 2. The largest absolute Gasteiger partial charge is 0.378 e. The molecule has 3 N–H and O–H groups in total. The average Bonchev–Trinajstić information content (AvgIpc) is 3.22. The molecule has 4 rings (SSSR count). The van der Waals surface area contributed by atoms with Crippen LogP contribution < -0.4 is 20.9 Å². The van der Waals surface area contributed by atoms with Gasteiger partial charge in [-0.3, -0.25) is 14.5 Å². The zero-order valence-corrected chi connectivity index (χ0v) is 20.6. The summed E-state index contributed by atoms with van der Waals surface area (Å²) in [7, 11) is 3.83. The van der Waals surface area contributed by atoms with E-state index in [0.29, 0.717) is 28.8 Å². The van der Waals surface area contributed by atoms with Crippen LogP contribution in [-0.4, -0.2) is 41.7 Å². The van der Waals surface area contributed by atoms with Crippen LogP contribution in [-0.2, 0) is 22.6 Å². The summed E-state index contributed by atoms with van der Waals surface area (Å²) < 4.78 is 42.3. The highest BCUT2D eigenvalue weighted by molar-refractivity contribution is 6.06. The van der Waals surface area contributed by atoms with Crippen LogP contribution in [0.15, 0.2) is 54.2 Å². The number of amides is 2. The van der Waals surface area contributed by atoms with Crippen molar-refractivity contribution in [3.8, 4) is 0 Å². The van der Waals surface area contributed by atoms with Gasteiger partial charge >= 0.3 is 0 Å². The molecule has 2 heterocycles. The van der Waals surface area contributed by atoms with E-state index in [0.717, 1.165) is 11.8 Å². The van der Waals surface area contributed by atoms with Crippen LogP contribution in [0.25, 0.3) is 0 Å². The van der Waals surface area contributed by atoms with Gasteiger partial charge in [0.2, 0.25) is 5.91 Å². The van der Waals surface area contributed by atoms with Gasteiger partial charge in [-0.25, -0.2) is 17.9 Å². The van der Waals surface area contributed by atoms with Crippen LogP contribution >= 0.6 is 0 Å². The van der Waals surface area contributed by atoms with E-state index in [2.05, 4.69) is 10.4 Å². The van der Waals surface area contributed by atoms with Gasteiger partial charge in [0.15, 0.2) is 11.6 Å². The zero-order valence-electron chi connectivity index (χ0n) is 20.6. The summed E-state index contributed by atoms with van der Waals surface area (Å²) >= 11 is 0. The van der Waals surface area contributed by atoms with E-state index in [1.165, 1.54) is 15.8 Å². The van der Waals surface area contributed by atoms with Gasteiger partial charge in [0.25, 0.3) is 5.91 Å². The number of rotatable bonds is 7. The molecule has 1 atom stereocenters. The van der Waals surface area contributed by atoms with Crippen LogP contribution in [0.2, 0.25) is 0 Å². The Labute approximate surface area is 212 Å². The van der Waals surface area contributed by atoms with E-state index in [1.54, 1.807) is 25.1 Å². The molecule has 0 saturated heterocycles. The van der Waals surface area contributed by atoms with E-state index in [1.807, 2.05) is 31.1 Å².